The first-order chi connectivity index (χ1) is 8.60. The van der Waals surface area contributed by atoms with E-state index >= 15 is 0 Å². The monoisotopic (exact) mass is 371 g/mol. The number of aromatic nitrogens is 2. The van der Waals surface area contributed by atoms with Gasteiger partial charge in [-0.05, 0) is 57.0 Å². The zero-order chi connectivity index (χ0) is 13.1. The minimum atomic E-state index is -0.173. The van der Waals surface area contributed by atoms with Crippen molar-refractivity contribution in [2.24, 2.45) is 0 Å². The molecule has 0 saturated carbocycles. The number of carbonyl (C=O) groups is 1. The molecule has 2 rings (SSSR count). The van der Waals surface area contributed by atoms with Crippen LogP contribution in [0.15, 0.2) is 39.5 Å². The Kier molecular flexibility index (Phi) is 4.19. The Hall–Kier alpha value is -1.14. The van der Waals surface area contributed by atoms with Gasteiger partial charge in [0.2, 0.25) is 0 Å². The third-order valence-electron chi connectivity index (χ3n) is 2.39. The topological polar surface area (TPSA) is 46.9 Å². The summed E-state index contributed by atoms with van der Waals surface area (Å²) >= 11 is 6.63. The highest BCUT2D eigenvalue weighted by molar-refractivity contribution is 9.10. The predicted molar refractivity (Wildman–Crippen MR) is 77.7 cm³/mol. The fourth-order valence-corrected chi connectivity index (χ4v) is 2.39. The fraction of sp³-hybridized carbons (Fsp3) is 0.167. The first kappa shape index (κ1) is 13.3. The first-order valence-electron chi connectivity index (χ1n) is 5.39. The van der Waals surface area contributed by atoms with Gasteiger partial charge in [-0.2, -0.15) is 0 Å². The molecule has 0 saturated heterocycles. The molecule has 0 aliphatic carbocycles. The predicted octanol–water partition coefficient (Wildman–Crippen LogP) is 3.68. The number of aryl methyl sites for hydroxylation is 1. The van der Waals surface area contributed by atoms with Gasteiger partial charge in [0, 0.05) is 17.2 Å². The van der Waals surface area contributed by atoms with Crippen LogP contribution in [0.3, 0.4) is 0 Å². The van der Waals surface area contributed by atoms with Gasteiger partial charge in [-0.25, -0.2) is 4.98 Å². The van der Waals surface area contributed by atoms with Crippen LogP contribution in [0.25, 0.3) is 0 Å². The van der Waals surface area contributed by atoms with E-state index in [-0.39, 0.29) is 5.91 Å². The normalized spacial score (nSPS) is 10.4. The number of anilines is 1. The summed E-state index contributed by atoms with van der Waals surface area (Å²) in [5.74, 6) is 0.350. The summed E-state index contributed by atoms with van der Waals surface area (Å²) < 4.78 is 3.45. The highest BCUT2D eigenvalue weighted by Gasteiger charge is 2.12. The lowest BCUT2D eigenvalue weighted by Gasteiger charge is -2.07. The summed E-state index contributed by atoms with van der Waals surface area (Å²) in [7, 11) is 0. The maximum Gasteiger partial charge on any atom is 0.273 e. The Bertz CT molecular complexity index is 580. The number of pyridine rings is 1. The molecule has 18 heavy (non-hydrogen) atoms. The van der Waals surface area contributed by atoms with Crippen LogP contribution in [-0.4, -0.2) is 15.5 Å². The van der Waals surface area contributed by atoms with Crippen molar-refractivity contribution in [3.05, 3.63) is 45.2 Å². The van der Waals surface area contributed by atoms with E-state index in [1.54, 1.807) is 18.2 Å². The lowest BCUT2D eigenvalue weighted by atomic mass is 10.4. The molecule has 0 spiro atoms. The maximum absolute atomic E-state index is 12.1. The van der Waals surface area contributed by atoms with Gasteiger partial charge in [-0.3, -0.25) is 4.79 Å². The minimum Gasteiger partial charge on any atom is -0.343 e. The van der Waals surface area contributed by atoms with Gasteiger partial charge in [0.1, 0.15) is 16.1 Å². The van der Waals surface area contributed by atoms with Crippen LogP contribution in [0.1, 0.15) is 17.4 Å². The van der Waals surface area contributed by atoms with E-state index in [0.29, 0.717) is 16.1 Å². The Morgan fingerprint density at radius 3 is 2.89 bits per heavy atom. The van der Waals surface area contributed by atoms with E-state index in [4.69, 9.17) is 0 Å². The molecule has 6 heteroatoms. The van der Waals surface area contributed by atoms with Crippen molar-refractivity contribution < 1.29 is 4.79 Å². The Balaban J connectivity index is 2.21. The first-order valence-corrected chi connectivity index (χ1v) is 6.98. The zero-order valence-electron chi connectivity index (χ0n) is 9.65. The molecule has 2 heterocycles. The number of amides is 1. The standard InChI is InChI=1S/C12H11Br2N3O/c1-2-17-7-8(13)6-9(17)12(18)16-11-5-3-4-10(14)15-11/h3-7H,2H2,1H3,(H,15,16,18). The van der Waals surface area contributed by atoms with Crippen LogP contribution < -0.4 is 5.32 Å². The molecule has 0 aliphatic rings. The van der Waals surface area contributed by atoms with Crippen molar-refractivity contribution in [1.29, 1.82) is 0 Å². The summed E-state index contributed by atoms with van der Waals surface area (Å²) in [5, 5.41) is 2.77. The number of rotatable bonds is 3. The molecule has 94 valence electrons. The zero-order valence-corrected chi connectivity index (χ0v) is 12.8. The van der Waals surface area contributed by atoms with E-state index in [1.165, 1.54) is 0 Å². The van der Waals surface area contributed by atoms with Crippen molar-refractivity contribution in [3.8, 4) is 0 Å². The van der Waals surface area contributed by atoms with E-state index in [1.807, 2.05) is 23.8 Å². The molecular weight excluding hydrogens is 362 g/mol. The third kappa shape index (κ3) is 3.00. The highest BCUT2D eigenvalue weighted by Crippen LogP contribution is 2.17. The van der Waals surface area contributed by atoms with Gasteiger partial charge in [0.25, 0.3) is 5.91 Å². The summed E-state index contributed by atoms with van der Waals surface area (Å²) in [5.41, 5.74) is 0.603. The van der Waals surface area contributed by atoms with Crippen molar-refractivity contribution in [2.45, 2.75) is 13.5 Å². The molecule has 2 aromatic rings. The van der Waals surface area contributed by atoms with Crippen LogP contribution in [0.4, 0.5) is 5.82 Å². The molecule has 0 atom stereocenters. The summed E-state index contributed by atoms with van der Waals surface area (Å²) in [6.07, 6.45) is 1.88. The van der Waals surface area contributed by atoms with Crippen LogP contribution in [0, 0.1) is 0 Å². The van der Waals surface area contributed by atoms with Crippen molar-refractivity contribution in [1.82, 2.24) is 9.55 Å². The van der Waals surface area contributed by atoms with Gasteiger partial charge in [-0.15, -0.1) is 0 Å². The number of nitrogens with one attached hydrogen (secondary N) is 1. The Morgan fingerprint density at radius 2 is 2.22 bits per heavy atom. The van der Waals surface area contributed by atoms with Crippen LogP contribution in [0.5, 0.6) is 0 Å². The van der Waals surface area contributed by atoms with Gasteiger partial charge >= 0.3 is 0 Å². The Labute approximate surface area is 122 Å². The summed E-state index contributed by atoms with van der Waals surface area (Å²) in [6, 6.07) is 7.16. The quantitative estimate of drug-likeness (QED) is 0.835. The van der Waals surface area contributed by atoms with Crippen LogP contribution in [0.2, 0.25) is 0 Å². The SMILES string of the molecule is CCn1cc(Br)cc1C(=O)Nc1cccc(Br)n1. The molecule has 4 nitrogen and oxygen atoms in total. The molecule has 0 fully saturated rings. The van der Waals surface area contributed by atoms with Crippen molar-refractivity contribution in [3.63, 3.8) is 0 Å². The number of hydrogen-bond donors (Lipinski definition) is 1. The van der Waals surface area contributed by atoms with Gasteiger partial charge in [0.15, 0.2) is 0 Å². The minimum absolute atomic E-state index is 0.173. The molecular formula is C12H11Br2N3O. The van der Waals surface area contributed by atoms with Crippen molar-refractivity contribution in [2.75, 3.05) is 5.32 Å². The second-order valence-corrected chi connectivity index (χ2v) is 5.36. The number of carbonyl (C=O) groups excluding carboxylic acids is 1. The second-order valence-electron chi connectivity index (χ2n) is 3.63. The third-order valence-corrected chi connectivity index (χ3v) is 3.27. The van der Waals surface area contributed by atoms with E-state index in [0.717, 1.165) is 11.0 Å². The van der Waals surface area contributed by atoms with Gasteiger partial charge in [0.05, 0.1) is 0 Å². The van der Waals surface area contributed by atoms with Gasteiger partial charge in [-0.1, -0.05) is 6.07 Å². The molecule has 0 aromatic carbocycles. The average molecular weight is 373 g/mol. The molecule has 0 aliphatic heterocycles. The molecule has 0 radical (unpaired) electrons. The largest absolute Gasteiger partial charge is 0.343 e. The van der Waals surface area contributed by atoms with E-state index in [9.17, 15) is 4.79 Å². The lowest BCUT2D eigenvalue weighted by molar-refractivity contribution is 0.101. The number of hydrogen-bond acceptors (Lipinski definition) is 2. The summed E-state index contributed by atoms with van der Waals surface area (Å²) in [6.45, 7) is 2.72. The second kappa shape index (κ2) is 5.67. The number of nitrogens with zero attached hydrogens (tertiary/aromatic N) is 2. The molecule has 0 bridgehead atoms. The molecule has 1 N–H and O–H groups in total. The maximum atomic E-state index is 12.1. The smallest absolute Gasteiger partial charge is 0.273 e. The molecule has 2 aromatic heterocycles. The average Bonchev–Trinajstić information content (AvgIpc) is 2.70. The Morgan fingerprint density at radius 1 is 1.44 bits per heavy atom. The van der Waals surface area contributed by atoms with Crippen LogP contribution >= 0.6 is 31.9 Å². The van der Waals surface area contributed by atoms with Gasteiger partial charge < -0.3 is 9.88 Å². The highest BCUT2D eigenvalue weighted by atomic mass is 79.9. The summed E-state index contributed by atoms with van der Waals surface area (Å²) in [4.78, 5) is 16.3. The van der Waals surface area contributed by atoms with E-state index < -0.39 is 0 Å². The molecule has 0 unspecified atom stereocenters. The lowest BCUT2D eigenvalue weighted by Crippen LogP contribution is -2.17. The molecule has 1 amide bonds. The van der Waals surface area contributed by atoms with Crippen LogP contribution in [-0.2, 0) is 6.54 Å². The number of halogens is 2. The van der Waals surface area contributed by atoms with Crippen molar-refractivity contribution >= 4 is 43.6 Å². The van der Waals surface area contributed by atoms with E-state index in [2.05, 4.69) is 42.2 Å². The fourth-order valence-electron chi connectivity index (χ4n) is 1.59.